The lowest BCUT2D eigenvalue weighted by Crippen LogP contribution is -2.17. The largest absolute Gasteiger partial charge is 0.465 e. The molecular formula is C15H19NO6. The molecule has 0 spiro atoms. The fourth-order valence-corrected chi connectivity index (χ4v) is 1.70. The van der Waals surface area contributed by atoms with Gasteiger partial charge >= 0.3 is 11.9 Å². The average Bonchev–Trinajstić information content (AvgIpc) is 2.53. The van der Waals surface area contributed by atoms with Crippen LogP contribution in [0.25, 0.3) is 0 Å². The lowest BCUT2D eigenvalue weighted by molar-refractivity contribution is -0.117. The Labute approximate surface area is 128 Å². The van der Waals surface area contributed by atoms with E-state index >= 15 is 0 Å². The first-order chi connectivity index (χ1) is 10.5. The predicted molar refractivity (Wildman–Crippen MR) is 78.9 cm³/mol. The zero-order valence-corrected chi connectivity index (χ0v) is 12.8. The van der Waals surface area contributed by atoms with Crippen LogP contribution in [0.2, 0.25) is 0 Å². The van der Waals surface area contributed by atoms with Crippen molar-refractivity contribution >= 4 is 23.5 Å². The van der Waals surface area contributed by atoms with Crippen LogP contribution in [0.5, 0.6) is 0 Å². The van der Waals surface area contributed by atoms with Gasteiger partial charge < -0.3 is 19.5 Å². The second kappa shape index (κ2) is 8.78. The van der Waals surface area contributed by atoms with E-state index in [2.05, 4.69) is 14.8 Å². The van der Waals surface area contributed by atoms with Gasteiger partial charge in [0, 0.05) is 6.61 Å². The highest BCUT2D eigenvalue weighted by Gasteiger charge is 2.17. The number of benzene rings is 1. The third-order valence-corrected chi connectivity index (χ3v) is 2.80. The lowest BCUT2D eigenvalue weighted by Gasteiger charge is -2.11. The summed E-state index contributed by atoms with van der Waals surface area (Å²) in [4.78, 5) is 35.1. The minimum atomic E-state index is -0.614. The predicted octanol–water partition coefficient (Wildman–Crippen LogP) is 1.62. The van der Waals surface area contributed by atoms with Gasteiger partial charge in [0.1, 0.15) is 0 Å². The highest BCUT2D eigenvalue weighted by molar-refractivity contribution is 6.03. The first kappa shape index (κ1) is 17.6. The standard InChI is InChI=1S/C15H19NO6/c1-4-22-8-7-13(17)16-12-9-10(14(18)20-2)5-6-11(12)15(19)21-3/h5-6,9H,4,7-8H2,1-3H3,(H,16,17). The van der Waals surface area contributed by atoms with Crippen molar-refractivity contribution in [3.8, 4) is 0 Å². The molecular weight excluding hydrogens is 290 g/mol. The minimum absolute atomic E-state index is 0.136. The summed E-state index contributed by atoms with van der Waals surface area (Å²) in [7, 11) is 2.48. The number of hydrogen-bond acceptors (Lipinski definition) is 6. The van der Waals surface area contributed by atoms with Crippen LogP contribution in [0.1, 0.15) is 34.1 Å². The van der Waals surface area contributed by atoms with E-state index in [-0.39, 0.29) is 35.7 Å². The number of anilines is 1. The van der Waals surface area contributed by atoms with Gasteiger partial charge in [0.2, 0.25) is 5.91 Å². The van der Waals surface area contributed by atoms with Crippen molar-refractivity contribution in [2.45, 2.75) is 13.3 Å². The van der Waals surface area contributed by atoms with Crippen molar-refractivity contribution in [2.24, 2.45) is 0 Å². The van der Waals surface area contributed by atoms with Crippen LogP contribution in [-0.4, -0.2) is 45.3 Å². The molecule has 0 aliphatic heterocycles. The maximum Gasteiger partial charge on any atom is 0.339 e. The van der Waals surface area contributed by atoms with Crippen LogP contribution < -0.4 is 5.32 Å². The molecule has 1 N–H and O–H groups in total. The smallest absolute Gasteiger partial charge is 0.339 e. The Kier molecular flexibility index (Phi) is 7.04. The third-order valence-electron chi connectivity index (χ3n) is 2.80. The zero-order valence-electron chi connectivity index (χ0n) is 12.8. The topological polar surface area (TPSA) is 90.9 Å². The third kappa shape index (κ3) is 4.85. The normalized spacial score (nSPS) is 9.95. The van der Waals surface area contributed by atoms with Crippen LogP contribution in [0, 0.1) is 0 Å². The summed E-state index contributed by atoms with van der Waals surface area (Å²) in [6.07, 6.45) is 0.136. The highest BCUT2D eigenvalue weighted by atomic mass is 16.5. The van der Waals surface area contributed by atoms with Crippen LogP contribution >= 0.6 is 0 Å². The zero-order chi connectivity index (χ0) is 16.5. The van der Waals surface area contributed by atoms with E-state index in [4.69, 9.17) is 4.74 Å². The maximum atomic E-state index is 11.8. The van der Waals surface area contributed by atoms with E-state index in [1.165, 1.54) is 32.4 Å². The number of esters is 2. The molecule has 0 aliphatic rings. The van der Waals surface area contributed by atoms with Crippen molar-refractivity contribution in [3.63, 3.8) is 0 Å². The number of carbonyl (C=O) groups is 3. The molecule has 0 fully saturated rings. The van der Waals surface area contributed by atoms with Crippen LogP contribution in [0.15, 0.2) is 18.2 Å². The first-order valence-corrected chi connectivity index (χ1v) is 6.71. The molecule has 0 aliphatic carbocycles. The fraction of sp³-hybridized carbons (Fsp3) is 0.400. The Morgan fingerprint density at radius 1 is 1.09 bits per heavy atom. The molecule has 0 radical (unpaired) electrons. The number of hydrogen-bond donors (Lipinski definition) is 1. The van der Waals surface area contributed by atoms with Crippen LogP contribution in [0.3, 0.4) is 0 Å². The van der Waals surface area contributed by atoms with E-state index in [9.17, 15) is 14.4 Å². The summed E-state index contributed by atoms with van der Waals surface area (Å²) >= 11 is 0. The lowest BCUT2D eigenvalue weighted by atomic mass is 10.1. The summed E-state index contributed by atoms with van der Waals surface area (Å²) in [5, 5.41) is 2.58. The molecule has 0 unspecified atom stereocenters. The molecule has 0 saturated heterocycles. The molecule has 0 saturated carbocycles. The number of rotatable bonds is 7. The van der Waals surface area contributed by atoms with Gasteiger partial charge in [0.25, 0.3) is 0 Å². The Hall–Kier alpha value is -2.41. The maximum absolute atomic E-state index is 11.8. The monoisotopic (exact) mass is 309 g/mol. The van der Waals surface area contributed by atoms with E-state index in [0.29, 0.717) is 6.61 Å². The molecule has 0 bridgehead atoms. The van der Waals surface area contributed by atoms with E-state index < -0.39 is 11.9 Å². The molecule has 1 amide bonds. The van der Waals surface area contributed by atoms with Gasteiger partial charge in [-0.25, -0.2) is 9.59 Å². The van der Waals surface area contributed by atoms with Crippen molar-refractivity contribution in [3.05, 3.63) is 29.3 Å². The van der Waals surface area contributed by atoms with Gasteiger partial charge in [-0.15, -0.1) is 0 Å². The highest BCUT2D eigenvalue weighted by Crippen LogP contribution is 2.20. The van der Waals surface area contributed by atoms with Crippen molar-refractivity contribution in [1.29, 1.82) is 0 Å². The quantitative estimate of drug-likeness (QED) is 0.608. The number of carbonyl (C=O) groups excluding carboxylic acids is 3. The van der Waals surface area contributed by atoms with Crippen LogP contribution in [-0.2, 0) is 19.0 Å². The molecule has 1 rings (SSSR count). The fourth-order valence-electron chi connectivity index (χ4n) is 1.70. The molecule has 0 heterocycles. The number of amides is 1. The van der Waals surface area contributed by atoms with Crippen molar-refractivity contribution in [2.75, 3.05) is 32.8 Å². The number of nitrogens with one attached hydrogen (secondary N) is 1. The summed E-state index contributed by atoms with van der Waals surface area (Å²) < 4.78 is 14.4. The van der Waals surface area contributed by atoms with Crippen molar-refractivity contribution < 1.29 is 28.6 Å². The summed E-state index contributed by atoms with van der Waals surface area (Å²) in [6.45, 7) is 2.61. The SMILES string of the molecule is CCOCCC(=O)Nc1cc(C(=O)OC)ccc1C(=O)OC. The Morgan fingerprint density at radius 2 is 1.77 bits per heavy atom. The molecule has 1 aromatic carbocycles. The first-order valence-electron chi connectivity index (χ1n) is 6.71. The van der Waals surface area contributed by atoms with Gasteiger partial charge in [-0.3, -0.25) is 4.79 Å². The van der Waals surface area contributed by atoms with E-state index in [1.807, 2.05) is 6.92 Å². The molecule has 1 aromatic rings. The van der Waals surface area contributed by atoms with Gasteiger partial charge in [-0.2, -0.15) is 0 Å². The van der Waals surface area contributed by atoms with Crippen LogP contribution in [0.4, 0.5) is 5.69 Å². The Morgan fingerprint density at radius 3 is 2.36 bits per heavy atom. The van der Waals surface area contributed by atoms with E-state index in [1.54, 1.807) is 0 Å². The Balaban J connectivity index is 2.98. The summed E-state index contributed by atoms with van der Waals surface area (Å²) in [5.41, 5.74) is 0.562. The average molecular weight is 309 g/mol. The van der Waals surface area contributed by atoms with Gasteiger partial charge in [-0.1, -0.05) is 0 Å². The second-order valence-electron chi connectivity index (χ2n) is 4.24. The number of methoxy groups -OCH3 is 2. The minimum Gasteiger partial charge on any atom is -0.465 e. The molecule has 7 nitrogen and oxygen atoms in total. The molecule has 120 valence electrons. The molecule has 0 aromatic heterocycles. The van der Waals surface area contributed by atoms with Gasteiger partial charge in [-0.05, 0) is 25.1 Å². The molecule has 22 heavy (non-hydrogen) atoms. The van der Waals surface area contributed by atoms with Gasteiger partial charge in [0.05, 0.1) is 44.1 Å². The van der Waals surface area contributed by atoms with E-state index in [0.717, 1.165) is 0 Å². The van der Waals surface area contributed by atoms with Crippen molar-refractivity contribution in [1.82, 2.24) is 0 Å². The van der Waals surface area contributed by atoms with Gasteiger partial charge in [0.15, 0.2) is 0 Å². The Bertz CT molecular complexity index is 555. The number of ether oxygens (including phenoxy) is 3. The molecule has 7 heteroatoms. The second-order valence-corrected chi connectivity index (χ2v) is 4.24. The molecule has 0 atom stereocenters. The summed E-state index contributed by atoms with van der Waals surface area (Å²) in [6, 6.07) is 4.20. The summed E-state index contributed by atoms with van der Waals surface area (Å²) in [5.74, 6) is -1.52.